The molecule has 0 atom stereocenters. The van der Waals surface area contributed by atoms with Crippen LogP contribution in [0.4, 0.5) is 10.1 Å². The van der Waals surface area contributed by atoms with Crippen molar-refractivity contribution in [1.29, 1.82) is 0 Å². The minimum Gasteiger partial charge on any atom is -0.326 e. The van der Waals surface area contributed by atoms with Gasteiger partial charge in [-0.3, -0.25) is 14.8 Å². The summed E-state index contributed by atoms with van der Waals surface area (Å²) in [5, 5.41) is 10.4. The molecule has 7 heteroatoms. The number of para-hydroxylation sites is 1. The minimum absolute atomic E-state index is 0.221. The average Bonchev–Trinajstić information content (AvgIpc) is 2.99. The second kappa shape index (κ2) is 9.14. The molecule has 1 amide bonds. The molecule has 3 rings (SSSR count). The number of aliphatic imine (C=N–C) groups is 1. The lowest BCUT2D eigenvalue weighted by molar-refractivity contribution is 0.0976. The first kappa shape index (κ1) is 20.3. The molecule has 0 radical (unpaired) electrons. The number of rotatable bonds is 5. The molecule has 6 nitrogen and oxygen atoms in total. The monoisotopic (exact) mass is 393 g/mol. The van der Waals surface area contributed by atoms with Crippen molar-refractivity contribution < 1.29 is 9.18 Å². The number of hydrogen-bond donors (Lipinski definition) is 2. The predicted molar refractivity (Wildman–Crippen MR) is 112 cm³/mol. The number of nitrogens with one attached hydrogen (secondary N) is 2. The number of guanidine groups is 1. The number of carbonyl (C=O) groups is 1. The number of anilines is 1. The SMILES string of the molecule is CCn1nc(C)c(CN=C(NC(=O)c2cccc(F)c2)Nc2ccccc2)c1C. The number of nitrogens with zero attached hydrogens (tertiary/aromatic N) is 3. The molecule has 0 aliphatic heterocycles. The van der Waals surface area contributed by atoms with Crippen LogP contribution in [0.5, 0.6) is 0 Å². The first-order valence-corrected chi connectivity index (χ1v) is 9.44. The zero-order valence-corrected chi connectivity index (χ0v) is 16.7. The number of aromatic nitrogens is 2. The normalized spacial score (nSPS) is 11.4. The highest BCUT2D eigenvalue weighted by Crippen LogP contribution is 2.14. The highest BCUT2D eigenvalue weighted by atomic mass is 19.1. The van der Waals surface area contributed by atoms with E-state index in [9.17, 15) is 9.18 Å². The van der Waals surface area contributed by atoms with E-state index in [1.54, 1.807) is 6.07 Å². The van der Waals surface area contributed by atoms with E-state index in [0.29, 0.717) is 6.54 Å². The second-order valence-electron chi connectivity index (χ2n) is 6.59. The third kappa shape index (κ3) is 5.07. The Labute approximate surface area is 169 Å². The summed E-state index contributed by atoms with van der Waals surface area (Å²) < 4.78 is 15.4. The molecule has 0 spiro atoms. The molecule has 2 N–H and O–H groups in total. The highest BCUT2D eigenvalue weighted by molar-refractivity contribution is 6.09. The molecular formula is C22H24FN5O. The lowest BCUT2D eigenvalue weighted by atomic mass is 10.2. The van der Waals surface area contributed by atoms with E-state index in [2.05, 4.69) is 20.7 Å². The van der Waals surface area contributed by atoms with Gasteiger partial charge in [0.2, 0.25) is 5.96 Å². The number of halogens is 1. The van der Waals surface area contributed by atoms with Gasteiger partial charge < -0.3 is 5.32 Å². The second-order valence-corrected chi connectivity index (χ2v) is 6.59. The molecule has 0 unspecified atom stereocenters. The Morgan fingerprint density at radius 2 is 1.90 bits per heavy atom. The van der Waals surface area contributed by atoms with Crippen LogP contribution < -0.4 is 10.6 Å². The molecule has 3 aromatic rings. The van der Waals surface area contributed by atoms with Crippen molar-refractivity contribution in [2.24, 2.45) is 4.99 Å². The molecule has 29 heavy (non-hydrogen) atoms. The van der Waals surface area contributed by atoms with Crippen LogP contribution in [-0.4, -0.2) is 21.6 Å². The summed E-state index contributed by atoms with van der Waals surface area (Å²) in [6.45, 7) is 7.12. The van der Waals surface area contributed by atoms with Gasteiger partial charge in [0.1, 0.15) is 5.82 Å². The van der Waals surface area contributed by atoms with E-state index in [0.717, 1.165) is 29.2 Å². The van der Waals surface area contributed by atoms with Gasteiger partial charge in [0, 0.05) is 29.1 Å². The lowest BCUT2D eigenvalue weighted by Gasteiger charge is -2.12. The third-order valence-corrected chi connectivity index (χ3v) is 4.58. The van der Waals surface area contributed by atoms with Gasteiger partial charge in [-0.25, -0.2) is 9.38 Å². The van der Waals surface area contributed by atoms with Crippen LogP contribution in [0.25, 0.3) is 0 Å². The van der Waals surface area contributed by atoms with Crippen LogP contribution in [0.1, 0.15) is 34.2 Å². The molecule has 1 heterocycles. The fraction of sp³-hybridized carbons (Fsp3) is 0.227. The van der Waals surface area contributed by atoms with Gasteiger partial charge in [-0.05, 0) is 51.1 Å². The standard InChI is InChI=1S/C22H24FN5O/c1-4-28-16(3)20(15(2)27-28)14-24-22(25-19-11-6-5-7-12-19)26-21(29)17-9-8-10-18(23)13-17/h5-13H,4,14H2,1-3H3,(H2,24,25,26,29). The lowest BCUT2D eigenvalue weighted by Crippen LogP contribution is -2.36. The van der Waals surface area contributed by atoms with Crippen molar-refractivity contribution in [3.8, 4) is 0 Å². The molecule has 0 fully saturated rings. The van der Waals surface area contributed by atoms with E-state index in [1.165, 1.54) is 18.2 Å². The molecule has 2 aromatic carbocycles. The Kier molecular flexibility index (Phi) is 6.39. The Bertz CT molecular complexity index is 1030. The van der Waals surface area contributed by atoms with Crippen LogP contribution in [0.2, 0.25) is 0 Å². The van der Waals surface area contributed by atoms with Crippen molar-refractivity contribution in [3.63, 3.8) is 0 Å². The van der Waals surface area contributed by atoms with Crippen LogP contribution in [-0.2, 0) is 13.1 Å². The Morgan fingerprint density at radius 3 is 2.55 bits per heavy atom. The van der Waals surface area contributed by atoms with Gasteiger partial charge in [-0.2, -0.15) is 5.10 Å². The van der Waals surface area contributed by atoms with Crippen LogP contribution in [0.15, 0.2) is 59.6 Å². The topological polar surface area (TPSA) is 71.3 Å². The Morgan fingerprint density at radius 1 is 1.14 bits per heavy atom. The number of hydrogen-bond acceptors (Lipinski definition) is 3. The fourth-order valence-electron chi connectivity index (χ4n) is 3.01. The summed E-state index contributed by atoms with van der Waals surface area (Å²) in [4.78, 5) is 17.2. The van der Waals surface area contributed by atoms with Crippen LogP contribution in [0.3, 0.4) is 0 Å². The first-order valence-electron chi connectivity index (χ1n) is 9.44. The summed E-state index contributed by atoms with van der Waals surface area (Å²) in [5.41, 5.74) is 3.97. The van der Waals surface area contributed by atoms with E-state index in [-0.39, 0.29) is 11.5 Å². The van der Waals surface area contributed by atoms with E-state index >= 15 is 0 Å². The van der Waals surface area contributed by atoms with Gasteiger partial charge in [-0.1, -0.05) is 24.3 Å². The maximum absolute atomic E-state index is 13.5. The van der Waals surface area contributed by atoms with Crippen molar-refractivity contribution in [2.45, 2.75) is 33.9 Å². The molecule has 0 saturated carbocycles. The maximum Gasteiger partial charge on any atom is 0.258 e. The summed E-state index contributed by atoms with van der Waals surface area (Å²) in [5.74, 6) is -0.622. The Hall–Kier alpha value is -3.48. The van der Waals surface area contributed by atoms with E-state index in [4.69, 9.17) is 0 Å². The van der Waals surface area contributed by atoms with Gasteiger partial charge in [0.25, 0.3) is 5.91 Å². The zero-order valence-electron chi connectivity index (χ0n) is 16.7. The van der Waals surface area contributed by atoms with Crippen LogP contribution in [0, 0.1) is 19.7 Å². The number of carbonyl (C=O) groups excluding carboxylic acids is 1. The number of aryl methyl sites for hydroxylation is 2. The molecule has 0 bridgehead atoms. The predicted octanol–water partition coefficient (Wildman–Crippen LogP) is 4.06. The van der Waals surface area contributed by atoms with Gasteiger partial charge in [0.05, 0.1) is 12.2 Å². The molecule has 0 aliphatic carbocycles. The van der Waals surface area contributed by atoms with Crippen molar-refractivity contribution in [2.75, 3.05) is 5.32 Å². The molecule has 0 saturated heterocycles. The third-order valence-electron chi connectivity index (χ3n) is 4.58. The molecule has 0 aliphatic rings. The summed E-state index contributed by atoms with van der Waals surface area (Å²) >= 11 is 0. The van der Waals surface area contributed by atoms with Crippen molar-refractivity contribution in [1.82, 2.24) is 15.1 Å². The van der Waals surface area contributed by atoms with Crippen LogP contribution >= 0.6 is 0 Å². The van der Waals surface area contributed by atoms with Crippen molar-refractivity contribution in [3.05, 3.63) is 82.9 Å². The van der Waals surface area contributed by atoms with E-state index < -0.39 is 11.7 Å². The summed E-state index contributed by atoms with van der Waals surface area (Å²) in [6.07, 6.45) is 0. The average molecular weight is 393 g/mol. The van der Waals surface area contributed by atoms with Gasteiger partial charge in [0.15, 0.2) is 0 Å². The minimum atomic E-state index is -0.467. The molecule has 1 aromatic heterocycles. The smallest absolute Gasteiger partial charge is 0.258 e. The molecule has 150 valence electrons. The largest absolute Gasteiger partial charge is 0.326 e. The van der Waals surface area contributed by atoms with E-state index in [1.807, 2.05) is 55.8 Å². The highest BCUT2D eigenvalue weighted by Gasteiger charge is 2.13. The molecular weight excluding hydrogens is 369 g/mol. The van der Waals surface area contributed by atoms with Gasteiger partial charge in [-0.15, -0.1) is 0 Å². The maximum atomic E-state index is 13.5. The number of amides is 1. The van der Waals surface area contributed by atoms with Gasteiger partial charge >= 0.3 is 0 Å². The summed E-state index contributed by atoms with van der Waals surface area (Å²) in [7, 11) is 0. The summed E-state index contributed by atoms with van der Waals surface area (Å²) in [6, 6.07) is 14.9. The first-order chi connectivity index (χ1) is 14.0. The fourth-order valence-corrected chi connectivity index (χ4v) is 3.01. The Balaban J connectivity index is 1.85. The number of benzene rings is 2. The van der Waals surface area contributed by atoms with Crippen molar-refractivity contribution >= 4 is 17.6 Å². The quantitative estimate of drug-likeness (QED) is 0.507. The zero-order chi connectivity index (χ0) is 20.8.